The first-order valence-electron chi connectivity index (χ1n) is 6.39. The second-order valence-electron chi connectivity index (χ2n) is 4.59. The van der Waals surface area contributed by atoms with Crippen LogP contribution in [0.1, 0.15) is 25.7 Å². The average Bonchev–Trinajstić information content (AvgIpc) is 2.90. The summed E-state index contributed by atoms with van der Waals surface area (Å²) in [6.07, 6.45) is 4.47. The Bertz CT molecular complexity index is 251. The predicted molar refractivity (Wildman–Crippen MR) is 71.8 cm³/mol. The molecule has 1 unspecified atom stereocenters. The summed E-state index contributed by atoms with van der Waals surface area (Å²) in [4.78, 5) is 14.2. The Morgan fingerprint density at radius 3 is 2.71 bits per heavy atom. The maximum atomic E-state index is 12.2. The van der Waals surface area contributed by atoms with E-state index in [4.69, 9.17) is 16.3 Å². The van der Waals surface area contributed by atoms with E-state index in [1.807, 2.05) is 16.7 Å². The minimum atomic E-state index is 0.232. The third-order valence-corrected chi connectivity index (χ3v) is 4.91. The number of ether oxygens (including phenoxy) is 1. The number of alkyl halides is 1. The number of nitrogens with zero attached hydrogens (tertiary/aromatic N) is 1. The third kappa shape index (κ3) is 3.76. The van der Waals surface area contributed by atoms with E-state index in [9.17, 15) is 4.79 Å². The van der Waals surface area contributed by atoms with Crippen molar-refractivity contribution < 1.29 is 9.53 Å². The number of hydrogen-bond donors (Lipinski definition) is 0. The lowest BCUT2D eigenvalue weighted by Gasteiger charge is -2.33. The first-order chi connectivity index (χ1) is 8.31. The van der Waals surface area contributed by atoms with Gasteiger partial charge in [0.2, 0.25) is 5.91 Å². The molecule has 0 bridgehead atoms. The number of likely N-dealkylation sites (tertiary alicyclic amines) is 1. The minimum Gasteiger partial charge on any atom is -0.377 e. The monoisotopic (exact) mass is 277 g/mol. The zero-order chi connectivity index (χ0) is 12.1. The lowest BCUT2D eigenvalue weighted by atomic mass is 10.1. The lowest BCUT2D eigenvalue weighted by molar-refractivity contribution is -0.133. The van der Waals surface area contributed by atoms with E-state index in [0.717, 1.165) is 38.1 Å². The molecule has 2 rings (SSSR count). The minimum absolute atomic E-state index is 0.232. The van der Waals surface area contributed by atoms with Gasteiger partial charge in [-0.15, -0.1) is 23.4 Å². The van der Waals surface area contributed by atoms with Gasteiger partial charge in [0.25, 0.3) is 0 Å². The number of thioether (sulfide) groups is 1. The van der Waals surface area contributed by atoms with E-state index in [1.165, 1.54) is 6.42 Å². The molecule has 0 aliphatic carbocycles. The maximum absolute atomic E-state index is 12.2. The van der Waals surface area contributed by atoms with Crippen molar-refractivity contribution in [2.24, 2.45) is 0 Å². The Hall–Kier alpha value is 0.0700. The number of carbonyl (C=O) groups excluding carboxylic acids is 1. The van der Waals surface area contributed by atoms with Crippen LogP contribution >= 0.6 is 23.4 Å². The molecule has 0 aromatic rings. The van der Waals surface area contributed by atoms with Crippen molar-refractivity contribution in [3.05, 3.63) is 0 Å². The molecule has 98 valence electrons. The van der Waals surface area contributed by atoms with Gasteiger partial charge in [0.15, 0.2) is 0 Å². The Morgan fingerprint density at radius 1 is 1.35 bits per heavy atom. The second kappa shape index (κ2) is 6.86. The van der Waals surface area contributed by atoms with Gasteiger partial charge < -0.3 is 9.64 Å². The third-order valence-electron chi connectivity index (χ3n) is 3.39. The highest BCUT2D eigenvalue weighted by molar-refractivity contribution is 8.00. The van der Waals surface area contributed by atoms with Gasteiger partial charge in [-0.05, 0) is 31.4 Å². The van der Waals surface area contributed by atoms with Crippen LogP contribution in [0.25, 0.3) is 0 Å². The second-order valence-corrected chi connectivity index (χ2v) is 6.27. The van der Waals surface area contributed by atoms with Crippen LogP contribution in [0, 0.1) is 0 Å². The molecule has 0 N–H and O–H groups in total. The molecule has 0 spiro atoms. The zero-order valence-corrected chi connectivity index (χ0v) is 11.6. The van der Waals surface area contributed by atoms with Gasteiger partial charge in [0.1, 0.15) is 0 Å². The molecule has 2 heterocycles. The van der Waals surface area contributed by atoms with Crippen LogP contribution in [-0.4, -0.2) is 53.5 Å². The van der Waals surface area contributed by atoms with Crippen molar-refractivity contribution in [2.75, 3.05) is 31.3 Å². The first kappa shape index (κ1) is 13.5. The van der Waals surface area contributed by atoms with Crippen LogP contribution < -0.4 is 0 Å². The summed E-state index contributed by atoms with van der Waals surface area (Å²) in [7, 11) is 0. The van der Waals surface area contributed by atoms with E-state index in [0.29, 0.717) is 24.5 Å². The Kier molecular flexibility index (Phi) is 5.45. The SMILES string of the molecule is O=C(C1CCCS1)N1CCC(OCCCl)CC1. The number of hydrogen-bond acceptors (Lipinski definition) is 3. The van der Waals surface area contributed by atoms with Gasteiger partial charge in [0, 0.05) is 19.0 Å². The summed E-state index contributed by atoms with van der Waals surface area (Å²) in [5, 5.41) is 0.232. The predicted octanol–water partition coefficient (Wildman–Crippen LogP) is 2.13. The van der Waals surface area contributed by atoms with Gasteiger partial charge in [-0.25, -0.2) is 0 Å². The summed E-state index contributed by atoms with van der Waals surface area (Å²) < 4.78 is 5.61. The standard InChI is InChI=1S/C12H20ClNO2S/c13-5-8-16-10-3-6-14(7-4-10)12(15)11-2-1-9-17-11/h10-11H,1-9H2. The highest BCUT2D eigenvalue weighted by Crippen LogP contribution is 2.28. The first-order valence-corrected chi connectivity index (χ1v) is 7.97. The molecule has 17 heavy (non-hydrogen) atoms. The Labute approximate surface area is 112 Å². The maximum Gasteiger partial charge on any atom is 0.235 e. The van der Waals surface area contributed by atoms with Crippen LogP contribution in [-0.2, 0) is 9.53 Å². The summed E-state index contributed by atoms with van der Waals surface area (Å²) in [6.45, 7) is 2.32. The molecule has 2 saturated heterocycles. The van der Waals surface area contributed by atoms with Gasteiger partial charge in [-0.3, -0.25) is 4.79 Å². The molecule has 1 atom stereocenters. The van der Waals surface area contributed by atoms with Crippen LogP contribution in [0.3, 0.4) is 0 Å². The quantitative estimate of drug-likeness (QED) is 0.738. The molecule has 1 amide bonds. The van der Waals surface area contributed by atoms with Crippen molar-refractivity contribution in [2.45, 2.75) is 37.0 Å². The molecule has 2 fully saturated rings. The van der Waals surface area contributed by atoms with Crippen LogP contribution in [0.5, 0.6) is 0 Å². The van der Waals surface area contributed by atoms with Gasteiger partial charge in [0.05, 0.1) is 18.0 Å². The molecule has 2 aliphatic heterocycles. The van der Waals surface area contributed by atoms with Crippen LogP contribution in [0.4, 0.5) is 0 Å². The van der Waals surface area contributed by atoms with E-state index < -0.39 is 0 Å². The Balaban J connectivity index is 1.72. The van der Waals surface area contributed by atoms with E-state index >= 15 is 0 Å². The summed E-state index contributed by atoms with van der Waals surface area (Å²) in [5.74, 6) is 2.05. The van der Waals surface area contributed by atoms with E-state index in [1.54, 1.807) is 0 Å². The number of rotatable bonds is 4. The van der Waals surface area contributed by atoms with Crippen molar-refractivity contribution in [3.63, 3.8) is 0 Å². The normalized spacial score (nSPS) is 26.4. The van der Waals surface area contributed by atoms with Crippen molar-refractivity contribution in [1.29, 1.82) is 0 Å². The summed E-state index contributed by atoms with van der Waals surface area (Å²) in [6, 6.07) is 0. The van der Waals surface area contributed by atoms with Crippen molar-refractivity contribution in [1.82, 2.24) is 4.90 Å². The van der Waals surface area contributed by atoms with Gasteiger partial charge >= 0.3 is 0 Å². The molecule has 0 radical (unpaired) electrons. The summed E-state index contributed by atoms with van der Waals surface area (Å²) in [5.41, 5.74) is 0. The van der Waals surface area contributed by atoms with E-state index in [2.05, 4.69) is 0 Å². The van der Waals surface area contributed by atoms with Gasteiger partial charge in [-0.1, -0.05) is 0 Å². The zero-order valence-electron chi connectivity index (χ0n) is 10.1. The molecule has 2 aliphatic rings. The average molecular weight is 278 g/mol. The molecule has 0 saturated carbocycles. The fourth-order valence-electron chi connectivity index (χ4n) is 2.43. The molecular weight excluding hydrogens is 258 g/mol. The Morgan fingerprint density at radius 2 is 2.12 bits per heavy atom. The largest absolute Gasteiger partial charge is 0.377 e. The van der Waals surface area contributed by atoms with Crippen molar-refractivity contribution >= 4 is 29.3 Å². The van der Waals surface area contributed by atoms with Crippen LogP contribution in [0.15, 0.2) is 0 Å². The lowest BCUT2D eigenvalue weighted by Crippen LogP contribution is -2.44. The fraction of sp³-hybridized carbons (Fsp3) is 0.917. The number of amides is 1. The highest BCUT2D eigenvalue weighted by atomic mass is 35.5. The van der Waals surface area contributed by atoms with Crippen molar-refractivity contribution in [3.8, 4) is 0 Å². The molecule has 0 aromatic heterocycles. The van der Waals surface area contributed by atoms with Gasteiger partial charge in [-0.2, -0.15) is 0 Å². The summed E-state index contributed by atoms with van der Waals surface area (Å²) >= 11 is 7.41. The molecule has 3 nitrogen and oxygen atoms in total. The number of carbonyl (C=O) groups is 1. The highest BCUT2D eigenvalue weighted by Gasteiger charge is 2.30. The van der Waals surface area contributed by atoms with E-state index in [-0.39, 0.29) is 5.25 Å². The topological polar surface area (TPSA) is 29.5 Å². The fourth-order valence-corrected chi connectivity index (χ4v) is 3.76. The number of halogens is 1. The molecular formula is C12H20ClNO2S. The molecule has 0 aromatic carbocycles. The smallest absolute Gasteiger partial charge is 0.235 e. The van der Waals surface area contributed by atoms with Crippen LogP contribution in [0.2, 0.25) is 0 Å². The number of piperidine rings is 1. The molecule has 5 heteroatoms.